The van der Waals surface area contributed by atoms with E-state index in [0.717, 1.165) is 0 Å². The van der Waals surface area contributed by atoms with Crippen LogP contribution in [0.4, 0.5) is 0 Å². The Hall–Kier alpha value is -0.0800. The second-order valence-electron chi connectivity index (χ2n) is 8.37. The molecule has 104 valence electrons. The lowest BCUT2D eigenvalue weighted by atomic mass is 9.72. The molecular formula is C15H34N2. The number of likely N-dealkylation sites (N-methyl/N-ethyl adjacent to an activating group) is 1. The van der Waals surface area contributed by atoms with Crippen LogP contribution in [-0.4, -0.2) is 24.7 Å². The van der Waals surface area contributed by atoms with Crippen molar-refractivity contribution in [2.75, 3.05) is 7.05 Å². The molecule has 2 atom stereocenters. The van der Waals surface area contributed by atoms with Crippen molar-refractivity contribution < 1.29 is 0 Å². The molecule has 2 N–H and O–H groups in total. The summed E-state index contributed by atoms with van der Waals surface area (Å²) in [6, 6.07) is 0.884. The Kier molecular flexibility index (Phi) is 5.25. The molecule has 2 nitrogen and oxygen atoms in total. The van der Waals surface area contributed by atoms with Crippen LogP contribution in [0.2, 0.25) is 0 Å². The van der Waals surface area contributed by atoms with Gasteiger partial charge in [-0.3, -0.25) is 0 Å². The largest absolute Gasteiger partial charge is 0.315 e. The molecule has 0 spiro atoms. The van der Waals surface area contributed by atoms with Gasteiger partial charge in [-0.05, 0) is 38.6 Å². The van der Waals surface area contributed by atoms with E-state index in [1.54, 1.807) is 0 Å². The molecule has 0 aromatic heterocycles. The first-order valence-electron chi connectivity index (χ1n) is 6.74. The molecule has 0 heterocycles. The molecule has 0 radical (unpaired) electrons. The molecule has 0 fully saturated rings. The number of hydrogen-bond donors (Lipinski definition) is 2. The first kappa shape index (κ1) is 16.9. The molecule has 0 aliphatic rings. The van der Waals surface area contributed by atoms with Crippen LogP contribution in [0.5, 0.6) is 0 Å². The predicted molar refractivity (Wildman–Crippen MR) is 78.4 cm³/mol. The molecular weight excluding hydrogens is 208 g/mol. The van der Waals surface area contributed by atoms with Crippen LogP contribution in [0.15, 0.2) is 0 Å². The number of nitrogens with one attached hydrogen (secondary N) is 2. The van der Waals surface area contributed by atoms with Gasteiger partial charge in [-0.1, -0.05) is 41.5 Å². The van der Waals surface area contributed by atoms with Gasteiger partial charge in [-0.15, -0.1) is 0 Å². The molecule has 0 rings (SSSR count). The lowest BCUT2D eigenvalue weighted by Gasteiger charge is -2.47. The maximum atomic E-state index is 3.79. The highest BCUT2D eigenvalue weighted by Gasteiger charge is 2.39. The first-order chi connectivity index (χ1) is 7.29. The van der Waals surface area contributed by atoms with E-state index in [1.807, 2.05) is 0 Å². The summed E-state index contributed by atoms with van der Waals surface area (Å²) in [4.78, 5) is 0. The van der Waals surface area contributed by atoms with Crippen LogP contribution in [0, 0.1) is 10.8 Å². The van der Waals surface area contributed by atoms with E-state index in [1.165, 1.54) is 0 Å². The zero-order chi connectivity index (χ0) is 14.1. The summed E-state index contributed by atoms with van der Waals surface area (Å²) in [7, 11) is 2.07. The average molecular weight is 242 g/mol. The van der Waals surface area contributed by atoms with Gasteiger partial charge in [-0.2, -0.15) is 0 Å². The van der Waals surface area contributed by atoms with Crippen LogP contribution in [0.1, 0.15) is 62.3 Å². The normalized spacial score (nSPS) is 18.0. The highest BCUT2D eigenvalue weighted by Crippen LogP contribution is 2.32. The highest BCUT2D eigenvalue weighted by molar-refractivity contribution is 4.98. The molecule has 0 aliphatic heterocycles. The third kappa shape index (κ3) is 5.87. The topological polar surface area (TPSA) is 24.1 Å². The zero-order valence-corrected chi connectivity index (χ0v) is 13.7. The van der Waals surface area contributed by atoms with Gasteiger partial charge in [0.05, 0.1) is 0 Å². The van der Waals surface area contributed by atoms with Crippen molar-refractivity contribution in [1.82, 2.24) is 10.6 Å². The second-order valence-corrected chi connectivity index (χ2v) is 8.37. The Morgan fingerprint density at radius 2 is 1.00 bits per heavy atom. The van der Waals surface area contributed by atoms with Crippen molar-refractivity contribution >= 4 is 0 Å². The van der Waals surface area contributed by atoms with Crippen LogP contribution in [0.3, 0.4) is 0 Å². The monoisotopic (exact) mass is 242 g/mol. The Bertz CT molecular complexity index is 225. The number of rotatable bonds is 3. The average Bonchev–Trinajstić information content (AvgIpc) is 1.96. The fourth-order valence-corrected chi connectivity index (χ4v) is 2.37. The lowest BCUT2D eigenvalue weighted by Crippen LogP contribution is -2.62. The van der Waals surface area contributed by atoms with E-state index in [9.17, 15) is 0 Å². The van der Waals surface area contributed by atoms with Gasteiger partial charge in [0.2, 0.25) is 0 Å². The van der Waals surface area contributed by atoms with Gasteiger partial charge < -0.3 is 10.6 Å². The van der Waals surface area contributed by atoms with Crippen molar-refractivity contribution in [1.29, 1.82) is 0 Å². The Morgan fingerprint density at radius 1 is 0.647 bits per heavy atom. The zero-order valence-electron chi connectivity index (χ0n) is 13.7. The van der Waals surface area contributed by atoms with E-state index >= 15 is 0 Å². The van der Waals surface area contributed by atoms with Gasteiger partial charge >= 0.3 is 0 Å². The second kappa shape index (κ2) is 5.27. The minimum atomic E-state index is 0.137. The third-order valence-corrected chi connectivity index (χ3v) is 3.10. The van der Waals surface area contributed by atoms with Crippen molar-refractivity contribution in [2.45, 2.75) is 79.9 Å². The van der Waals surface area contributed by atoms with Crippen molar-refractivity contribution in [3.8, 4) is 0 Å². The fraction of sp³-hybridized carbons (Fsp3) is 1.00. The smallest absolute Gasteiger partial charge is 0.0279 e. The molecule has 0 saturated carbocycles. The van der Waals surface area contributed by atoms with Gasteiger partial charge in [-0.25, -0.2) is 0 Å². The highest BCUT2D eigenvalue weighted by atomic mass is 15.1. The summed E-state index contributed by atoms with van der Waals surface area (Å²) in [6.07, 6.45) is 0. The summed E-state index contributed by atoms with van der Waals surface area (Å²) in [6.45, 7) is 20.6. The van der Waals surface area contributed by atoms with Crippen LogP contribution in [-0.2, 0) is 0 Å². The van der Waals surface area contributed by atoms with Crippen LogP contribution < -0.4 is 10.6 Å². The minimum Gasteiger partial charge on any atom is -0.315 e. The predicted octanol–water partition coefficient (Wildman–Crippen LogP) is 3.42. The Morgan fingerprint density at radius 3 is 1.18 bits per heavy atom. The summed E-state index contributed by atoms with van der Waals surface area (Å²) in [5.74, 6) is 0. The first-order valence-corrected chi connectivity index (χ1v) is 6.74. The maximum Gasteiger partial charge on any atom is 0.0279 e. The molecule has 0 aromatic carbocycles. The molecule has 0 aromatic rings. The number of hydrogen-bond acceptors (Lipinski definition) is 2. The molecule has 2 unspecified atom stereocenters. The van der Waals surface area contributed by atoms with Gasteiger partial charge in [0.15, 0.2) is 0 Å². The van der Waals surface area contributed by atoms with Gasteiger partial charge in [0.1, 0.15) is 0 Å². The lowest BCUT2D eigenvalue weighted by molar-refractivity contribution is 0.115. The molecule has 2 heteroatoms. The summed E-state index contributed by atoms with van der Waals surface area (Å²) in [5.41, 5.74) is 0.609. The SMILES string of the molecule is CNC(C(NC(C)(C)C)C(C)(C)C)C(C)(C)C. The third-order valence-electron chi connectivity index (χ3n) is 3.10. The van der Waals surface area contributed by atoms with Gasteiger partial charge in [0, 0.05) is 17.6 Å². The standard InChI is InChI=1S/C15H34N2/c1-13(2,3)11(16-10)12(14(4,5)6)17-15(7,8)9/h11-12,16-17H,1-10H3. The van der Waals surface area contributed by atoms with E-state index in [0.29, 0.717) is 12.1 Å². The van der Waals surface area contributed by atoms with Crippen LogP contribution >= 0.6 is 0 Å². The van der Waals surface area contributed by atoms with E-state index in [2.05, 4.69) is 80.0 Å². The molecule has 0 aliphatic carbocycles. The van der Waals surface area contributed by atoms with E-state index in [-0.39, 0.29) is 16.4 Å². The summed E-state index contributed by atoms with van der Waals surface area (Å²) < 4.78 is 0. The molecule has 17 heavy (non-hydrogen) atoms. The van der Waals surface area contributed by atoms with Gasteiger partial charge in [0.25, 0.3) is 0 Å². The minimum absolute atomic E-state index is 0.137. The van der Waals surface area contributed by atoms with E-state index < -0.39 is 0 Å². The Labute approximate surface area is 109 Å². The molecule has 0 saturated heterocycles. The summed E-state index contributed by atoms with van der Waals surface area (Å²) >= 11 is 0. The molecule has 0 bridgehead atoms. The molecule has 0 amide bonds. The van der Waals surface area contributed by atoms with Crippen molar-refractivity contribution in [3.63, 3.8) is 0 Å². The quantitative estimate of drug-likeness (QED) is 0.792. The van der Waals surface area contributed by atoms with E-state index in [4.69, 9.17) is 0 Å². The van der Waals surface area contributed by atoms with Crippen LogP contribution in [0.25, 0.3) is 0 Å². The summed E-state index contributed by atoms with van der Waals surface area (Å²) in [5, 5.41) is 7.30. The Balaban J connectivity index is 5.18. The maximum absolute atomic E-state index is 3.79. The van der Waals surface area contributed by atoms with Crippen molar-refractivity contribution in [3.05, 3.63) is 0 Å². The fourth-order valence-electron chi connectivity index (χ4n) is 2.37. The van der Waals surface area contributed by atoms with Crippen molar-refractivity contribution in [2.24, 2.45) is 10.8 Å².